The minimum absolute atomic E-state index is 0.156. The summed E-state index contributed by atoms with van der Waals surface area (Å²) in [6.45, 7) is 1.77. The molecule has 6 N–H and O–H groups in total. The molecular formula is C32H36Cl2N2O6. The van der Waals surface area contributed by atoms with Crippen LogP contribution in [-0.2, 0) is 22.4 Å². The van der Waals surface area contributed by atoms with Crippen LogP contribution in [0.4, 0.5) is 0 Å². The number of halogens is 2. The molecule has 2 aliphatic carbocycles. The van der Waals surface area contributed by atoms with Gasteiger partial charge in [-0.2, -0.15) is 0 Å². The van der Waals surface area contributed by atoms with Crippen LogP contribution in [0.25, 0.3) is 0 Å². The van der Waals surface area contributed by atoms with Crippen LogP contribution in [0.5, 0.6) is 23.0 Å². The third-order valence-corrected chi connectivity index (χ3v) is 9.67. The Labute approximate surface area is 255 Å². The van der Waals surface area contributed by atoms with Crippen LogP contribution in [0.3, 0.4) is 0 Å². The molecule has 0 aromatic heterocycles. The Balaban J connectivity index is 0.000000168. The Hall–Kier alpha value is -3.04. The number of aromatic hydroxyl groups is 4. The molecule has 224 valence electrons. The number of hydrogen-bond acceptors (Lipinski definition) is 8. The van der Waals surface area contributed by atoms with Crippen molar-refractivity contribution in [3.63, 3.8) is 0 Å². The molecule has 2 saturated heterocycles. The van der Waals surface area contributed by atoms with E-state index in [1.54, 1.807) is 12.2 Å². The number of carbonyl (C=O) groups excluding carboxylic acids is 2. The molecular weight excluding hydrogens is 579 g/mol. The van der Waals surface area contributed by atoms with Gasteiger partial charge in [0, 0.05) is 47.1 Å². The van der Waals surface area contributed by atoms with Crippen molar-refractivity contribution in [1.82, 2.24) is 10.6 Å². The van der Waals surface area contributed by atoms with E-state index in [1.807, 2.05) is 12.2 Å². The number of piperidine rings is 2. The summed E-state index contributed by atoms with van der Waals surface area (Å²) in [6.07, 6.45) is 11.9. The van der Waals surface area contributed by atoms with Crippen LogP contribution in [0, 0.1) is 23.7 Å². The van der Waals surface area contributed by atoms with Crippen molar-refractivity contribution < 1.29 is 30.0 Å². The summed E-state index contributed by atoms with van der Waals surface area (Å²) in [5, 5.41) is 46.0. The van der Waals surface area contributed by atoms with Gasteiger partial charge in [-0.25, -0.2) is 0 Å². The summed E-state index contributed by atoms with van der Waals surface area (Å²) >= 11 is 12.3. The van der Waals surface area contributed by atoms with Gasteiger partial charge in [-0.3, -0.25) is 9.59 Å². The molecule has 8 nitrogen and oxygen atoms in total. The molecule has 10 heteroatoms. The molecule has 2 aromatic rings. The highest BCUT2D eigenvalue weighted by Crippen LogP contribution is 2.38. The lowest BCUT2D eigenvalue weighted by molar-refractivity contribution is -0.117. The van der Waals surface area contributed by atoms with Gasteiger partial charge in [0.2, 0.25) is 0 Å². The minimum Gasteiger partial charge on any atom is -0.504 e. The van der Waals surface area contributed by atoms with Gasteiger partial charge >= 0.3 is 0 Å². The van der Waals surface area contributed by atoms with Gasteiger partial charge in [0.25, 0.3) is 0 Å². The molecule has 0 bridgehead atoms. The molecule has 4 aliphatic rings. The van der Waals surface area contributed by atoms with Crippen molar-refractivity contribution in [3.05, 3.63) is 69.7 Å². The summed E-state index contributed by atoms with van der Waals surface area (Å²) in [7, 11) is 0. The van der Waals surface area contributed by atoms with Gasteiger partial charge in [-0.15, -0.1) is 0 Å². The number of phenolic OH excluding ortho intramolecular Hbond substituents is 4. The molecule has 6 rings (SSSR count). The smallest absolute Gasteiger partial charge is 0.158 e. The minimum atomic E-state index is -0.207. The number of benzene rings is 2. The normalized spacial score (nSPS) is 28.4. The average Bonchev–Trinajstić information content (AvgIpc) is 2.95. The van der Waals surface area contributed by atoms with Crippen LogP contribution in [0.15, 0.2) is 48.6 Å². The zero-order chi connectivity index (χ0) is 30.0. The number of allylic oxidation sites excluding steroid dienone is 2. The van der Waals surface area contributed by atoms with Gasteiger partial charge in [0.1, 0.15) is 0 Å². The predicted molar refractivity (Wildman–Crippen MR) is 161 cm³/mol. The van der Waals surface area contributed by atoms with Crippen molar-refractivity contribution in [2.75, 3.05) is 13.1 Å². The first-order chi connectivity index (χ1) is 20.1. The first-order valence-corrected chi connectivity index (χ1v) is 15.1. The summed E-state index contributed by atoms with van der Waals surface area (Å²) in [5.41, 5.74) is 1.60. The summed E-state index contributed by atoms with van der Waals surface area (Å²) in [6, 6.07) is 6.14. The maximum Gasteiger partial charge on any atom is 0.158 e. The first-order valence-electron chi connectivity index (χ1n) is 14.4. The molecule has 2 fully saturated rings. The van der Waals surface area contributed by atoms with E-state index in [1.165, 1.54) is 24.3 Å². The molecule has 2 aromatic carbocycles. The van der Waals surface area contributed by atoms with Crippen LogP contribution >= 0.6 is 23.2 Å². The summed E-state index contributed by atoms with van der Waals surface area (Å²) in [4.78, 5) is 23.1. The van der Waals surface area contributed by atoms with Crippen molar-refractivity contribution in [1.29, 1.82) is 0 Å². The maximum atomic E-state index is 11.5. The molecule has 5 unspecified atom stereocenters. The third-order valence-electron chi connectivity index (χ3n) is 8.96. The Kier molecular flexibility index (Phi) is 9.47. The Bertz CT molecular complexity index is 1300. The van der Waals surface area contributed by atoms with E-state index in [4.69, 9.17) is 23.2 Å². The number of nitrogens with one attached hydrogen (secondary N) is 2. The number of carbonyl (C=O) groups is 2. The molecule has 2 aliphatic heterocycles. The van der Waals surface area contributed by atoms with E-state index in [0.717, 1.165) is 37.1 Å². The van der Waals surface area contributed by atoms with Gasteiger partial charge in [-0.05, 0) is 97.9 Å². The molecule has 0 spiro atoms. The largest absolute Gasteiger partial charge is 0.504 e. The highest BCUT2D eigenvalue weighted by molar-refractivity contribution is 6.31. The lowest BCUT2D eigenvalue weighted by Gasteiger charge is -2.39. The van der Waals surface area contributed by atoms with E-state index in [-0.39, 0.29) is 46.6 Å². The van der Waals surface area contributed by atoms with Crippen LogP contribution in [0.2, 0.25) is 10.0 Å². The Morgan fingerprint density at radius 2 is 1.02 bits per heavy atom. The van der Waals surface area contributed by atoms with Crippen molar-refractivity contribution in [3.8, 4) is 23.0 Å². The van der Waals surface area contributed by atoms with Crippen LogP contribution in [0.1, 0.15) is 36.8 Å². The van der Waals surface area contributed by atoms with E-state index < -0.39 is 0 Å². The molecule has 0 radical (unpaired) electrons. The molecule has 2 heterocycles. The zero-order valence-corrected chi connectivity index (χ0v) is 24.6. The summed E-state index contributed by atoms with van der Waals surface area (Å²) < 4.78 is 0. The number of phenols is 4. The van der Waals surface area contributed by atoms with Gasteiger partial charge in [0.05, 0.1) is 0 Å². The fourth-order valence-corrected chi connectivity index (χ4v) is 7.23. The van der Waals surface area contributed by atoms with Crippen LogP contribution < -0.4 is 10.6 Å². The van der Waals surface area contributed by atoms with Gasteiger partial charge < -0.3 is 31.1 Å². The lowest BCUT2D eigenvalue weighted by Crippen LogP contribution is -2.48. The zero-order valence-electron chi connectivity index (χ0n) is 23.1. The number of ketones is 2. The topological polar surface area (TPSA) is 139 Å². The van der Waals surface area contributed by atoms with E-state index in [0.29, 0.717) is 59.4 Å². The Morgan fingerprint density at radius 3 is 1.43 bits per heavy atom. The second kappa shape index (κ2) is 13.1. The van der Waals surface area contributed by atoms with E-state index >= 15 is 0 Å². The number of rotatable bonds is 4. The van der Waals surface area contributed by atoms with Crippen LogP contribution in [-0.4, -0.2) is 57.2 Å². The van der Waals surface area contributed by atoms with Gasteiger partial charge in [-0.1, -0.05) is 35.4 Å². The lowest BCUT2D eigenvalue weighted by atomic mass is 9.73. The highest BCUT2D eigenvalue weighted by Gasteiger charge is 2.36. The quantitative estimate of drug-likeness (QED) is 0.269. The van der Waals surface area contributed by atoms with Crippen molar-refractivity contribution in [2.24, 2.45) is 23.7 Å². The number of hydrogen-bond donors (Lipinski definition) is 6. The molecule has 42 heavy (non-hydrogen) atoms. The van der Waals surface area contributed by atoms with E-state index in [2.05, 4.69) is 10.6 Å². The van der Waals surface area contributed by atoms with E-state index in [9.17, 15) is 30.0 Å². The molecule has 0 amide bonds. The second-order valence-corrected chi connectivity index (χ2v) is 12.5. The fraction of sp³-hybridized carbons (Fsp3) is 0.438. The number of fused-ring (bicyclic) bond motifs is 2. The van der Waals surface area contributed by atoms with Crippen molar-refractivity contribution in [2.45, 2.75) is 50.6 Å². The summed E-state index contributed by atoms with van der Waals surface area (Å²) in [5.74, 6) is 1.08. The SMILES string of the molecule is O=C1C=CC2C(CCNC2Cc2cc(O)c(O)cc2Cl)C1.O=C1C=CC2C(CCN[C@@H]2Cc2cc(O)c(O)cc2Cl)C1. The fourth-order valence-electron chi connectivity index (χ4n) is 6.76. The standard InChI is InChI=1S/2C16H18ClNO3/c2*17-13-8-16(21)15(20)7-10(13)6-14-12-2-1-11(19)5-9(12)3-4-18-14/h2*1-2,7-9,12,14,18,20-21H,3-6H2/t9?,12?,14-;/m1./s1. The average molecular weight is 616 g/mol. The Morgan fingerprint density at radius 1 is 0.643 bits per heavy atom. The molecule has 6 atom stereocenters. The van der Waals surface area contributed by atoms with Crippen molar-refractivity contribution >= 4 is 34.8 Å². The second-order valence-electron chi connectivity index (χ2n) is 11.7. The maximum absolute atomic E-state index is 11.5. The third kappa shape index (κ3) is 6.94. The van der Waals surface area contributed by atoms with Gasteiger partial charge in [0.15, 0.2) is 34.6 Å². The molecule has 0 saturated carbocycles. The first kappa shape index (κ1) is 30.4. The monoisotopic (exact) mass is 614 g/mol. The predicted octanol–water partition coefficient (Wildman–Crippen LogP) is 4.83. The highest BCUT2D eigenvalue weighted by atomic mass is 35.5.